The molecule has 1 aliphatic heterocycles. The molecule has 17 heavy (non-hydrogen) atoms. The molecule has 0 radical (unpaired) electrons. The molecule has 1 aromatic rings. The molecule has 4 heteroatoms. The molecule has 94 valence electrons. The van der Waals surface area contributed by atoms with Crippen molar-refractivity contribution in [3.63, 3.8) is 0 Å². The van der Waals surface area contributed by atoms with Crippen LogP contribution in [0.4, 0.5) is 4.39 Å². The minimum atomic E-state index is -0.413. The SMILES string of the molecule is OCc1cccc(F)c1OCC1CCOCC1. The summed E-state index contributed by atoms with van der Waals surface area (Å²) < 4.78 is 24.3. The van der Waals surface area contributed by atoms with Crippen LogP contribution in [0.3, 0.4) is 0 Å². The van der Waals surface area contributed by atoms with Gasteiger partial charge in [0.05, 0.1) is 13.2 Å². The minimum Gasteiger partial charge on any atom is -0.490 e. The van der Waals surface area contributed by atoms with E-state index >= 15 is 0 Å². The monoisotopic (exact) mass is 240 g/mol. The molecular formula is C13H17FO3. The van der Waals surface area contributed by atoms with Crippen molar-refractivity contribution in [2.75, 3.05) is 19.8 Å². The molecule has 1 N–H and O–H groups in total. The van der Waals surface area contributed by atoms with Crippen LogP contribution in [0.15, 0.2) is 18.2 Å². The molecule has 2 rings (SSSR count). The second-order valence-corrected chi connectivity index (χ2v) is 4.25. The molecule has 3 nitrogen and oxygen atoms in total. The third kappa shape index (κ3) is 3.17. The quantitative estimate of drug-likeness (QED) is 0.876. The van der Waals surface area contributed by atoms with Crippen molar-refractivity contribution < 1.29 is 19.0 Å². The number of aliphatic hydroxyl groups is 1. The van der Waals surface area contributed by atoms with Crippen LogP contribution in [0.1, 0.15) is 18.4 Å². The molecule has 0 bridgehead atoms. The van der Waals surface area contributed by atoms with Crippen LogP contribution in [-0.4, -0.2) is 24.9 Å². The van der Waals surface area contributed by atoms with Crippen molar-refractivity contribution in [1.82, 2.24) is 0 Å². The first-order valence-electron chi connectivity index (χ1n) is 5.90. The Hall–Kier alpha value is -1.13. The van der Waals surface area contributed by atoms with Crippen LogP contribution in [0, 0.1) is 11.7 Å². The van der Waals surface area contributed by atoms with Gasteiger partial charge >= 0.3 is 0 Å². The lowest BCUT2D eigenvalue weighted by molar-refractivity contribution is 0.0488. The van der Waals surface area contributed by atoms with E-state index < -0.39 is 5.82 Å². The Morgan fingerprint density at radius 3 is 2.82 bits per heavy atom. The number of benzene rings is 1. The van der Waals surface area contributed by atoms with Crippen molar-refractivity contribution in [1.29, 1.82) is 0 Å². The predicted octanol–water partition coefficient (Wildman–Crippen LogP) is 2.12. The van der Waals surface area contributed by atoms with Crippen molar-refractivity contribution in [3.8, 4) is 5.75 Å². The van der Waals surface area contributed by atoms with Gasteiger partial charge in [-0.2, -0.15) is 0 Å². The van der Waals surface area contributed by atoms with E-state index in [0.717, 1.165) is 26.1 Å². The van der Waals surface area contributed by atoms with Gasteiger partial charge in [0.15, 0.2) is 11.6 Å². The van der Waals surface area contributed by atoms with Gasteiger partial charge in [-0.3, -0.25) is 0 Å². The summed E-state index contributed by atoms with van der Waals surface area (Å²) in [6.45, 7) is 1.77. The van der Waals surface area contributed by atoms with Crippen LogP contribution in [0.25, 0.3) is 0 Å². The standard InChI is InChI=1S/C13H17FO3/c14-12-3-1-2-11(8-15)13(12)17-9-10-4-6-16-7-5-10/h1-3,10,15H,4-9H2. The topological polar surface area (TPSA) is 38.7 Å². The number of ether oxygens (including phenoxy) is 2. The number of rotatable bonds is 4. The lowest BCUT2D eigenvalue weighted by atomic mass is 10.0. The Balaban J connectivity index is 1.97. The zero-order chi connectivity index (χ0) is 12.1. The molecule has 1 aliphatic rings. The molecular weight excluding hydrogens is 223 g/mol. The predicted molar refractivity (Wildman–Crippen MR) is 61.4 cm³/mol. The van der Waals surface area contributed by atoms with E-state index in [-0.39, 0.29) is 12.4 Å². The van der Waals surface area contributed by atoms with E-state index in [2.05, 4.69) is 0 Å². The van der Waals surface area contributed by atoms with Gasteiger partial charge in [-0.25, -0.2) is 4.39 Å². The molecule has 0 unspecified atom stereocenters. The summed E-state index contributed by atoms with van der Waals surface area (Å²) in [6.07, 6.45) is 1.89. The Morgan fingerprint density at radius 1 is 1.35 bits per heavy atom. The van der Waals surface area contributed by atoms with Crippen LogP contribution in [0.5, 0.6) is 5.75 Å². The molecule has 1 saturated heterocycles. The maximum absolute atomic E-state index is 13.5. The number of halogens is 1. The van der Waals surface area contributed by atoms with Gasteiger partial charge in [-0.05, 0) is 24.8 Å². The number of hydrogen-bond acceptors (Lipinski definition) is 3. The van der Waals surface area contributed by atoms with Gasteiger partial charge in [0.1, 0.15) is 0 Å². The molecule has 0 aliphatic carbocycles. The maximum Gasteiger partial charge on any atom is 0.165 e. The van der Waals surface area contributed by atoms with Crippen molar-refractivity contribution in [3.05, 3.63) is 29.6 Å². The Morgan fingerprint density at radius 2 is 2.12 bits per heavy atom. The van der Waals surface area contributed by atoms with Crippen molar-refractivity contribution >= 4 is 0 Å². The largest absolute Gasteiger partial charge is 0.490 e. The molecule has 0 saturated carbocycles. The number of para-hydroxylation sites is 1. The van der Waals surface area contributed by atoms with Gasteiger partial charge in [-0.1, -0.05) is 12.1 Å². The smallest absolute Gasteiger partial charge is 0.165 e. The van der Waals surface area contributed by atoms with Crippen molar-refractivity contribution in [2.45, 2.75) is 19.4 Å². The fraction of sp³-hybridized carbons (Fsp3) is 0.538. The highest BCUT2D eigenvalue weighted by atomic mass is 19.1. The van der Waals surface area contributed by atoms with Gasteiger partial charge < -0.3 is 14.6 Å². The minimum absolute atomic E-state index is 0.182. The van der Waals surface area contributed by atoms with Crippen LogP contribution in [0.2, 0.25) is 0 Å². The highest BCUT2D eigenvalue weighted by molar-refractivity contribution is 5.34. The zero-order valence-electron chi connectivity index (χ0n) is 9.69. The maximum atomic E-state index is 13.5. The summed E-state index contributed by atoms with van der Waals surface area (Å²) >= 11 is 0. The zero-order valence-corrected chi connectivity index (χ0v) is 9.69. The van der Waals surface area contributed by atoms with Crippen LogP contribution >= 0.6 is 0 Å². The normalized spacial score (nSPS) is 17.1. The third-order valence-corrected chi connectivity index (χ3v) is 3.02. The molecule has 1 fully saturated rings. The highest BCUT2D eigenvalue weighted by Gasteiger charge is 2.16. The van der Waals surface area contributed by atoms with Crippen LogP contribution in [-0.2, 0) is 11.3 Å². The average Bonchev–Trinajstić information content (AvgIpc) is 2.38. The van der Waals surface area contributed by atoms with E-state index in [1.165, 1.54) is 6.07 Å². The summed E-state index contributed by atoms with van der Waals surface area (Å²) in [4.78, 5) is 0. The van der Waals surface area contributed by atoms with E-state index in [1.54, 1.807) is 12.1 Å². The molecule has 0 amide bonds. The summed E-state index contributed by atoms with van der Waals surface area (Å²) in [5.74, 6) is 0.181. The van der Waals surface area contributed by atoms with E-state index in [4.69, 9.17) is 14.6 Å². The van der Waals surface area contributed by atoms with E-state index in [1.807, 2.05) is 0 Å². The first kappa shape index (κ1) is 12.3. The number of hydrogen-bond donors (Lipinski definition) is 1. The van der Waals surface area contributed by atoms with Gasteiger partial charge in [0.2, 0.25) is 0 Å². The van der Waals surface area contributed by atoms with E-state index in [9.17, 15) is 4.39 Å². The summed E-state index contributed by atoms with van der Waals surface area (Å²) in [6, 6.07) is 4.59. The molecule has 1 aromatic carbocycles. The molecule has 1 heterocycles. The fourth-order valence-corrected chi connectivity index (χ4v) is 1.95. The highest BCUT2D eigenvalue weighted by Crippen LogP contribution is 2.24. The van der Waals surface area contributed by atoms with Crippen molar-refractivity contribution in [2.24, 2.45) is 5.92 Å². The van der Waals surface area contributed by atoms with Gasteiger partial charge in [-0.15, -0.1) is 0 Å². The Labute approximate surface area is 100 Å². The van der Waals surface area contributed by atoms with Crippen LogP contribution < -0.4 is 4.74 Å². The molecule has 0 aromatic heterocycles. The second-order valence-electron chi connectivity index (χ2n) is 4.25. The summed E-state index contributed by atoms with van der Waals surface area (Å²) in [7, 11) is 0. The Bertz CT molecular complexity index is 362. The first-order valence-corrected chi connectivity index (χ1v) is 5.90. The molecule has 0 atom stereocenters. The summed E-state index contributed by atoms with van der Waals surface area (Å²) in [5.41, 5.74) is 0.497. The molecule has 0 spiro atoms. The lowest BCUT2D eigenvalue weighted by Crippen LogP contribution is -2.22. The lowest BCUT2D eigenvalue weighted by Gasteiger charge is -2.22. The third-order valence-electron chi connectivity index (χ3n) is 3.02. The van der Waals surface area contributed by atoms with Gasteiger partial charge in [0, 0.05) is 18.8 Å². The van der Waals surface area contributed by atoms with Gasteiger partial charge in [0.25, 0.3) is 0 Å². The van der Waals surface area contributed by atoms with E-state index in [0.29, 0.717) is 18.1 Å². The second kappa shape index (κ2) is 5.98. The first-order chi connectivity index (χ1) is 8.31. The Kier molecular flexibility index (Phi) is 4.34. The summed E-state index contributed by atoms with van der Waals surface area (Å²) in [5, 5.41) is 9.11. The average molecular weight is 240 g/mol. The fourth-order valence-electron chi connectivity index (χ4n) is 1.95. The number of aliphatic hydroxyl groups excluding tert-OH is 1.